The second-order valence-electron chi connectivity index (χ2n) is 8.41. The maximum atomic E-state index is 14.5. The van der Waals surface area contributed by atoms with E-state index >= 15 is 0 Å². The number of carbonyl (C=O) groups excluding carboxylic acids is 1. The summed E-state index contributed by atoms with van der Waals surface area (Å²) in [6, 6.07) is 7.48. The number of hydrogen-bond donors (Lipinski definition) is 4. The number of aliphatic hydroxyl groups excluding tert-OH is 1. The van der Waals surface area contributed by atoms with Gasteiger partial charge in [0.05, 0.1) is 23.9 Å². The van der Waals surface area contributed by atoms with Crippen LogP contribution < -0.4 is 10.6 Å². The zero-order valence-electron chi connectivity index (χ0n) is 17.7. The maximum absolute atomic E-state index is 14.5. The first-order valence-corrected chi connectivity index (χ1v) is 10.8. The average Bonchev–Trinajstić information content (AvgIpc) is 3.10. The third kappa shape index (κ3) is 4.46. The van der Waals surface area contributed by atoms with Gasteiger partial charge in [-0.25, -0.2) is 18.0 Å². The normalized spacial score (nSPS) is 18.9. The number of urea groups is 1. The Morgan fingerprint density at radius 3 is 2.53 bits per heavy atom. The Balaban J connectivity index is 1.52. The van der Waals surface area contributed by atoms with Crippen LogP contribution in [-0.4, -0.2) is 35.3 Å². The lowest BCUT2D eigenvalue weighted by atomic mass is 9.70. The number of halogens is 3. The first-order valence-electron chi connectivity index (χ1n) is 10.8. The number of aromatic amines is 1. The molecule has 0 bridgehead atoms. The Hall–Kier alpha value is -3.00. The first kappa shape index (κ1) is 22.2. The van der Waals surface area contributed by atoms with E-state index in [1.165, 1.54) is 18.2 Å². The van der Waals surface area contributed by atoms with Crippen molar-refractivity contribution in [3.8, 4) is 11.3 Å². The number of aliphatic hydroxyl groups is 1. The molecule has 1 fully saturated rings. The minimum Gasteiger partial charge on any atom is -0.394 e. The fraction of sp³-hybridized carbons (Fsp3) is 0.375. The highest BCUT2D eigenvalue weighted by Gasteiger charge is 2.34. The molecule has 1 saturated carbocycles. The van der Waals surface area contributed by atoms with E-state index in [0.29, 0.717) is 29.6 Å². The van der Waals surface area contributed by atoms with Gasteiger partial charge in [-0.15, -0.1) is 0 Å². The van der Waals surface area contributed by atoms with Crippen molar-refractivity contribution in [1.82, 2.24) is 15.6 Å². The molecule has 0 aliphatic heterocycles. The number of amides is 2. The van der Waals surface area contributed by atoms with Crippen molar-refractivity contribution in [2.75, 3.05) is 13.2 Å². The molecule has 4 N–H and O–H groups in total. The van der Waals surface area contributed by atoms with Crippen molar-refractivity contribution in [2.24, 2.45) is 5.92 Å². The van der Waals surface area contributed by atoms with Crippen molar-refractivity contribution in [2.45, 2.75) is 38.1 Å². The molecule has 3 aromatic rings. The highest BCUT2D eigenvalue weighted by molar-refractivity contribution is 5.92. The third-order valence-corrected chi connectivity index (χ3v) is 6.24. The predicted octanol–water partition coefficient (Wildman–Crippen LogP) is 4.82. The Bertz CT molecular complexity index is 1100. The molecule has 2 aromatic carbocycles. The van der Waals surface area contributed by atoms with Crippen molar-refractivity contribution >= 4 is 16.9 Å². The van der Waals surface area contributed by atoms with E-state index in [9.17, 15) is 23.1 Å². The molecule has 1 aliphatic carbocycles. The van der Waals surface area contributed by atoms with Gasteiger partial charge in [0.15, 0.2) is 0 Å². The predicted molar refractivity (Wildman–Crippen MR) is 117 cm³/mol. The molecule has 0 saturated heterocycles. The van der Waals surface area contributed by atoms with Crippen LogP contribution in [0.25, 0.3) is 22.2 Å². The second kappa shape index (κ2) is 9.24. The number of fused-ring (bicyclic) bond motifs is 1. The van der Waals surface area contributed by atoms with Gasteiger partial charge in [0, 0.05) is 18.0 Å². The Labute approximate surface area is 184 Å². The molecule has 170 valence electrons. The quantitative estimate of drug-likeness (QED) is 0.421. The largest absolute Gasteiger partial charge is 0.394 e. The van der Waals surface area contributed by atoms with E-state index in [4.69, 9.17) is 0 Å². The zero-order valence-corrected chi connectivity index (χ0v) is 17.7. The van der Waals surface area contributed by atoms with Crippen LogP contribution in [0.4, 0.5) is 18.0 Å². The molecule has 1 atom stereocenters. The van der Waals surface area contributed by atoms with Crippen LogP contribution in [0.5, 0.6) is 0 Å². The van der Waals surface area contributed by atoms with Crippen molar-refractivity contribution < 1.29 is 23.1 Å². The Kier molecular flexibility index (Phi) is 6.41. The van der Waals surface area contributed by atoms with Crippen molar-refractivity contribution in [3.63, 3.8) is 0 Å². The van der Waals surface area contributed by atoms with Crippen LogP contribution in [0.3, 0.4) is 0 Å². The SMILES string of the molecule is CC[C@H](CO)NC(=O)NC[C@H]1C[C@H](c2c(-c3ccc(F)cc3)[nH]c3c(F)cc(F)cc32)C1. The lowest BCUT2D eigenvalue weighted by Crippen LogP contribution is -2.46. The van der Waals surface area contributed by atoms with Crippen molar-refractivity contribution in [3.05, 3.63) is 59.4 Å². The lowest BCUT2D eigenvalue weighted by Gasteiger charge is -2.36. The van der Waals surface area contributed by atoms with Crippen molar-refractivity contribution in [1.29, 1.82) is 0 Å². The summed E-state index contributed by atoms with van der Waals surface area (Å²) in [5.41, 5.74) is 2.41. The van der Waals surface area contributed by atoms with E-state index < -0.39 is 11.6 Å². The van der Waals surface area contributed by atoms with Crippen LogP contribution in [0.1, 0.15) is 37.7 Å². The molecule has 0 radical (unpaired) electrons. The van der Waals surface area contributed by atoms with Crippen LogP contribution in [0.15, 0.2) is 36.4 Å². The van der Waals surface area contributed by atoms with Gasteiger partial charge in [0.1, 0.15) is 17.5 Å². The molecule has 2 amide bonds. The number of H-pyrrole nitrogens is 1. The van der Waals surface area contributed by atoms with Crippen LogP contribution >= 0.6 is 0 Å². The number of hydrogen-bond acceptors (Lipinski definition) is 2. The van der Waals surface area contributed by atoms with E-state index in [2.05, 4.69) is 15.6 Å². The highest BCUT2D eigenvalue weighted by Crippen LogP contribution is 2.48. The number of carbonyl (C=O) groups is 1. The monoisotopic (exact) mass is 445 g/mol. The molecule has 1 heterocycles. The van der Waals surface area contributed by atoms with Crippen LogP contribution in [-0.2, 0) is 0 Å². The fourth-order valence-corrected chi connectivity index (χ4v) is 4.40. The van der Waals surface area contributed by atoms with Crippen LogP contribution in [0, 0.1) is 23.4 Å². The third-order valence-electron chi connectivity index (χ3n) is 6.24. The minimum atomic E-state index is -0.668. The summed E-state index contributed by atoms with van der Waals surface area (Å²) in [6.45, 7) is 2.24. The summed E-state index contributed by atoms with van der Waals surface area (Å²) >= 11 is 0. The number of benzene rings is 2. The van der Waals surface area contributed by atoms with Gasteiger partial charge in [-0.05, 0) is 72.6 Å². The molecular weight excluding hydrogens is 419 g/mol. The fourth-order valence-electron chi connectivity index (χ4n) is 4.40. The number of aromatic nitrogens is 1. The maximum Gasteiger partial charge on any atom is 0.315 e. The van der Waals surface area contributed by atoms with Gasteiger partial charge in [-0.2, -0.15) is 0 Å². The van der Waals surface area contributed by atoms with Gasteiger partial charge in [-0.3, -0.25) is 0 Å². The molecule has 1 aromatic heterocycles. The molecular formula is C24H26F3N3O2. The molecule has 1 aliphatic rings. The van der Waals surface area contributed by atoms with E-state index in [1.54, 1.807) is 12.1 Å². The van der Waals surface area contributed by atoms with E-state index in [0.717, 1.165) is 24.5 Å². The molecule has 0 unspecified atom stereocenters. The average molecular weight is 445 g/mol. The molecule has 5 nitrogen and oxygen atoms in total. The first-order chi connectivity index (χ1) is 15.4. The van der Waals surface area contributed by atoms with Gasteiger partial charge in [-0.1, -0.05) is 6.92 Å². The molecule has 8 heteroatoms. The number of nitrogens with one attached hydrogen (secondary N) is 3. The van der Waals surface area contributed by atoms with E-state index in [-0.39, 0.29) is 41.8 Å². The Morgan fingerprint density at radius 1 is 1.16 bits per heavy atom. The summed E-state index contributed by atoms with van der Waals surface area (Å²) in [7, 11) is 0. The summed E-state index contributed by atoms with van der Waals surface area (Å²) < 4.78 is 41.9. The van der Waals surface area contributed by atoms with Crippen LogP contribution in [0.2, 0.25) is 0 Å². The van der Waals surface area contributed by atoms with Gasteiger partial charge < -0.3 is 20.7 Å². The summed E-state index contributed by atoms with van der Waals surface area (Å²) in [5, 5.41) is 15.2. The molecule has 0 spiro atoms. The second-order valence-corrected chi connectivity index (χ2v) is 8.41. The highest BCUT2D eigenvalue weighted by atomic mass is 19.1. The standard InChI is InChI=1S/C24H26F3N3O2/c1-2-18(12-31)29-24(32)28-11-13-7-15(8-13)21-19-9-17(26)10-20(27)23(19)30-22(21)14-3-5-16(25)6-4-14/h3-6,9-10,13,15,18,30-31H,2,7-8,11-12H2,1H3,(H2,28,29,32)/t13-,15-,18-/m1/s1. The van der Waals surface area contributed by atoms with E-state index in [1.807, 2.05) is 6.92 Å². The zero-order chi connectivity index (χ0) is 22.8. The van der Waals surface area contributed by atoms with Gasteiger partial charge >= 0.3 is 6.03 Å². The summed E-state index contributed by atoms with van der Waals surface area (Å²) in [5.74, 6) is -1.41. The van der Waals surface area contributed by atoms with Gasteiger partial charge in [0.25, 0.3) is 0 Å². The minimum absolute atomic E-state index is 0.0562. The summed E-state index contributed by atoms with van der Waals surface area (Å²) in [4.78, 5) is 15.1. The smallest absolute Gasteiger partial charge is 0.315 e. The van der Waals surface area contributed by atoms with Gasteiger partial charge in [0.2, 0.25) is 0 Å². The molecule has 32 heavy (non-hydrogen) atoms. The topological polar surface area (TPSA) is 77.2 Å². The summed E-state index contributed by atoms with van der Waals surface area (Å²) in [6.07, 6.45) is 2.13. The Morgan fingerprint density at radius 2 is 1.88 bits per heavy atom. The molecule has 4 rings (SSSR count). The number of rotatable bonds is 7. The lowest BCUT2D eigenvalue weighted by molar-refractivity contribution is 0.206.